The molecule has 0 amide bonds. The van der Waals surface area contributed by atoms with Gasteiger partial charge in [-0.05, 0) is 0 Å². The van der Waals surface area contributed by atoms with Gasteiger partial charge in [0.15, 0.2) is 0 Å². The zero-order valence-corrected chi connectivity index (χ0v) is 7.16. The molecule has 1 nitrogen and oxygen atoms in total. The van der Waals surface area contributed by atoms with Crippen molar-refractivity contribution >= 4 is 21.6 Å². The summed E-state index contributed by atoms with van der Waals surface area (Å²) in [5.41, 5.74) is 1.40. The molecule has 0 saturated heterocycles. The van der Waals surface area contributed by atoms with Gasteiger partial charge in [-0.15, -0.1) is 0 Å². The van der Waals surface area contributed by atoms with Crippen LogP contribution in [-0.2, 0) is 9.67 Å². The topological polar surface area (TPSA) is 9.23 Å². The maximum atomic E-state index is 5.34. The Labute approximate surface area is 64.8 Å². The Morgan fingerprint density at radius 1 is 1.33 bits per heavy atom. The number of rotatable bonds is 0. The Morgan fingerprint density at radius 2 is 2.22 bits per heavy atom. The standard InChI is InChI=1S/C7H7IO/c1-2-4-7-6(3-1)5-9-8-7/h1-4,8H,5H2. The average Bonchev–Trinajstić information content (AvgIpc) is 2.33. The van der Waals surface area contributed by atoms with Gasteiger partial charge in [-0.2, -0.15) is 0 Å². The van der Waals surface area contributed by atoms with Gasteiger partial charge in [-0.3, -0.25) is 0 Å². The van der Waals surface area contributed by atoms with Crippen LogP contribution in [0.3, 0.4) is 0 Å². The molecular formula is C7H7IO. The van der Waals surface area contributed by atoms with E-state index in [1.54, 1.807) is 0 Å². The molecule has 0 radical (unpaired) electrons. The summed E-state index contributed by atoms with van der Waals surface area (Å²) in [6, 6.07) is 8.47. The number of hydrogen-bond acceptors (Lipinski definition) is 1. The summed E-state index contributed by atoms with van der Waals surface area (Å²) in [6.07, 6.45) is 0. The Balaban J connectivity index is 2.54. The van der Waals surface area contributed by atoms with Gasteiger partial charge in [0.2, 0.25) is 0 Å². The van der Waals surface area contributed by atoms with Crippen LogP contribution in [0.5, 0.6) is 0 Å². The molecular weight excluding hydrogens is 227 g/mol. The monoisotopic (exact) mass is 234 g/mol. The summed E-state index contributed by atoms with van der Waals surface area (Å²) >= 11 is -0.237. The van der Waals surface area contributed by atoms with Gasteiger partial charge in [-0.25, -0.2) is 0 Å². The Morgan fingerprint density at radius 3 is 3.11 bits per heavy atom. The first kappa shape index (κ1) is 5.68. The third-order valence-corrected chi connectivity index (χ3v) is 3.66. The molecule has 0 aromatic heterocycles. The van der Waals surface area contributed by atoms with Crippen molar-refractivity contribution in [3.05, 3.63) is 33.4 Å². The second-order valence-corrected chi connectivity index (χ2v) is 4.36. The molecule has 1 aliphatic rings. The molecule has 1 aromatic carbocycles. The molecule has 0 unspecified atom stereocenters. The first-order valence-electron chi connectivity index (χ1n) is 2.84. The summed E-state index contributed by atoms with van der Waals surface area (Å²) in [4.78, 5) is 0. The van der Waals surface area contributed by atoms with Crippen LogP contribution in [0.4, 0.5) is 0 Å². The van der Waals surface area contributed by atoms with Crippen LogP contribution < -0.4 is 0 Å². The molecule has 0 bridgehead atoms. The zero-order valence-electron chi connectivity index (χ0n) is 4.83. The van der Waals surface area contributed by atoms with Crippen molar-refractivity contribution in [2.24, 2.45) is 0 Å². The molecule has 48 valence electrons. The van der Waals surface area contributed by atoms with E-state index < -0.39 is 0 Å². The van der Waals surface area contributed by atoms with Gasteiger partial charge in [-0.1, -0.05) is 0 Å². The molecule has 0 fully saturated rings. The second-order valence-electron chi connectivity index (χ2n) is 1.95. The van der Waals surface area contributed by atoms with Crippen molar-refractivity contribution in [3.8, 4) is 0 Å². The fraction of sp³-hybridized carbons (Fsp3) is 0.143. The van der Waals surface area contributed by atoms with Crippen molar-refractivity contribution < 1.29 is 3.07 Å². The van der Waals surface area contributed by atoms with Crippen LogP contribution in [0.15, 0.2) is 24.3 Å². The van der Waals surface area contributed by atoms with Crippen molar-refractivity contribution in [3.63, 3.8) is 0 Å². The molecule has 0 N–H and O–H groups in total. The molecule has 1 heterocycles. The van der Waals surface area contributed by atoms with Crippen molar-refractivity contribution in [2.75, 3.05) is 0 Å². The van der Waals surface area contributed by atoms with Gasteiger partial charge in [0.25, 0.3) is 0 Å². The van der Waals surface area contributed by atoms with E-state index in [2.05, 4.69) is 24.3 Å². The minimum atomic E-state index is -0.237. The normalized spacial score (nSPS) is 16.4. The third-order valence-electron chi connectivity index (χ3n) is 1.34. The van der Waals surface area contributed by atoms with E-state index in [9.17, 15) is 0 Å². The third kappa shape index (κ3) is 0.966. The van der Waals surface area contributed by atoms with Crippen molar-refractivity contribution in [2.45, 2.75) is 6.61 Å². The Kier molecular flexibility index (Phi) is 1.43. The molecule has 2 rings (SSSR count). The van der Waals surface area contributed by atoms with Crippen molar-refractivity contribution in [1.29, 1.82) is 0 Å². The van der Waals surface area contributed by atoms with Gasteiger partial charge in [0.05, 0.1) is 0 Å². The molecule has 0 spiro atoms. The zero-order chi connectivity index (χ0) is 6.10. The SMILES string of the molecule is c1ccc2c(c1)CO[IH]2. The van der Waals surface area contributed by atoms with Crippen LogP contribution in [0, 0.1) is 3.57 Å². The van der Waals surface area contributed by atoms with Gasteiger partial charge >= 0.3 is 64.7 Å². The summed E-state index contributed by atoms with van der Waals surface area (Å²) in [7, 11) is 0. The van der Waals surface area contributed by atoms with E-state index in [1.165, 1.54) is 9.13 Å². The number of halogens is 1. The van der Waals surface area contributed by atoms with Gasteiger partial charge in [0, 0.05) is 0 Å². The Bertz CT molecular complexity index is 199. The van der Waals surface area contributed by atoms with Crippen LogP contribution in [-0.4, -0.2) is 0 Å². The second kappa shape index (κ2) is 2.27. The Hall–Kier alpha value is -0.0900. The van der Waals surface area contributed by atoms with E-state index in [0.717, 1.165) is 6.61 Å². The minimum absolute atomic E-state index is 0.237. The molecule has 1 aliphatic heterocycles. The van der Waals surface area contributed by atoms with E-state index in [0.29, 0.717) is 0 Å². The molecule has 1 aromatic rings. The molecule has 2 heteroatoms. The van der Waals surface area contributed by atoms with Crippen LogP contribution >= 0.6 is 21.6 Å². The summed E-state index contributed by atoms with van der Waals surface area (Å²) in [6.45, 7) is 0.860. The molecule has 9 heavy (non-hydrogen) atoms. The number of hydrogen-bond donors (Lipinski definition) is 0. The van der Waals surface area contributed by atoms with E-state index >= 15 is 0 Å². The fourth-order valence-electron chi connectivity index (χ4n) is 0.861. The first-order valence-corrected chi connectivity index (χ1v) is 4.96. The summed E-state index contributed by atoms with van der Waals surface area (Å²) < 4.78 is 6.82. The van der Waals surface area contributed by atoms with Crippen LogP contribution in [0.1, 0.15) is 5.56 Å². The quantitative estimate of drug-likeness (QED) is 0.624. The molecule has 0 aliphatic carbocycles. The van der Waals surface area contributed by atoms with Crippen LogP contribution in [0.25, 0.3) is 0 Å². The average molecular weight is 234 g/mol. The predicted molar refractivity (Wildman–Crippen MR) is 45.3 cm³/mol. The number of fused-ring (bicyclic) bond motifs is 1. The summed E-state index contributed by atoms with van der Waals surface area (Å²) in [5, 5.41) is 0. The number of benzene rings is 1. The maximum absolute atomic E-state index is 5.34. The predicted octanol–water partition coefficient (Wildman–Crippen LogP) is 2.00. The van der Waals surface area contributed by atoms with Gasteiger partial charge < -0.3 is 0 Å². The molecule has 0 saturated carbocycles. The van der Waals surface area contributed by atoms with E-state index in [-0.39, 0.29) is 21.6 Å². The van der Waals surface area contributed by atoms with Crippen molar-refractivity contribution in [1.82, 2.24) is 0 Å². The van der Waals surface area contributed by atoms with Crippen LogP contribution in [0.2, 0.25) is 0 Å². The molecule has 0 atom stereocenters. The summed E-state index contributed by atoms with van der Waals surface area (Å²) in [5.74, 6) is 0. The van der Waals surface area contributed by atoms with Gasteiger partial charge in [0.1, 0.15) is 0 Å². The van der Waals surface area contributed by atoms with E-state index in [1.807, 2.05) is 0 Å². The first-order chi connectivity index (χ1) is 4.47. The van der Waals surface area contributed by atoms with E-state index in [4.69, 9.17) is 3.07 Å². The fourth-order valence-corrected chi connectivity index (χ4v) is 2.80.